The minimum atomic E-state index is -0.256. The van der Waals surface area contributed by atoms with E-state index in [9.17, 15) is 4.79 Å². The van der Waals surface area contributed by atoms with Gasteiger partial charge >= 0.3 is 0 Å². The molecule has 0 aromatic heterocycles. The van der Waals surface area contributed by atoms with Crippen LogP contribution in [0.3, 0.4) is 0 Å². The summed E-state index contributed by atoms with van der Waals surface area (Å²) in [5, 5.41) is 3.07. The Labute approximate surface area is 112 Å². The van der Waals surface area contributed by atoms with Crippen molar-refractivity contribution in [2.45, 2.75) is 20.0 Å². The lowest BCUT2D eigenvalue weighted by atomic mass is 10.3. The van der Waals surface area contributed by atoms with E-state index in [0.29, 0.717) is 16.5 Å². The van der Waals surface area contributed by atoms with Crippen LogP contribution in [0, 0.1) is 0 Å². The van der Waals surface area contributed by atoms with Crippen LogP contribution in [0.4, 0.5) is 5.69 Å². The molecule has 0 saturated carbocycles. The van der Waals surface area contributed by atoms with Crippen molar-refractivity contribution in [3.63, 3.8) is 0 Å². The second kappa shape index (κ2) is 7.37. The number of anilines is 1. The van der Waals surface area contributed by atoms with Crippen molar-refractivity contribution < 1.29 is 9.53 Å². The van der Waals surface area contributed by atoms with Crippen molar-refractivity contribution in [1.29, 1.82) is 0 Å². The molecule has 17 heavy (non-hydrogen) atoms. The van der Waals surface area contributed by atoms with Gasteiger partial charge in [0.2, 0.25) is 5.91 Å². The van der Waals surface area contributed by atoms with Crippen molar-refractivity contribution in [3.05, 3.63) is 23.2 Å². The summed E-state index contributed by atoms with van der Waals surface area (Å²) in [4.78, 5) is 11.0. The molecule has 6 heteroatoms. The van der Waals surface area contributed by atoms with E-state index < -0.39 is 0 Å². The Hall–Kier alpha value is -0.970. The number of nitrogens with two attached hydrogens (primary N) is 1. The molecule has 0 aliphatic rings. The number of benzene rings is 1. The first-order valence-electron chi connectivity index (χ1n) is 4.99. The van der Waals surface area contributed by atoms with Crippen molar-refractivity contribution in [2.75, 3.05) is 11.9 Å². The molecule has 1 rings (SSSR count). The van der Waals surface area contributed by atoms with Gasteiger partial charge in [-0.15, -0.1) is 12.4 Å². The summed E-state index contributed by atoms with van der Waals surface area (Å²) in [6.45, 7) is 3.78. The number of ether oxygens (including phenoxy) is 1. The second-order valence-electron chi connectivity index (χ2n) is 3.56. The number of nitrogens with one attached hydrogen (secondary N) is 1. The zero-order valence-electron chi connectivity index (χ0n) is 9.70. The fourth-order valence-corrected chi connectivity index (χ4v) is 1.37. The summed E-state index contributed by atoms with van der Waals surface area (Å²) in [5.41, 5.74) is 5.79. The summed E-state index contributed by atoms with van der Waals surface area (Å²) < 4.78 is 5.46. The molecule has 0 unspecified atom stereocenters. The summed E-state index contributed by atoms with van der Waals surface area (Å²) in [5.74, 6) is 0.344. The Bertz CT molecular complexity index is 384. The third-order valence-corrected chi connectivity index (χ3v) is 2.06. The Morgan fingerprint density at radius 1 is 1.53 bits per heavy atom. The van der Waals surface area contributed by atoms with Gasteiger partial charge in [-0.2, -0.15) is 0 Å². The van der Waals surface area contributed by atoms with Crippen LogP contribution in [0.25, 0.3) is 0 Å². The SMILES string of the molecule is CC(C)Oc1ccc(NC(=O)CN)cc1Cl.Cl. The third kappa shape index (κ3) is 5.26. The van der Waals surface area contributed by atoms with Crippen LogP contribution in [0.2, 0.25) is 5.02 Å². The summed E-state index contributed by atoms with van der Waals surface area (Å²) >= 11 is 5.99. The summed E-state index contributed by atoms with van der Waals surface area (Å²) in [7, 11) is 0. The fraction of sp³-hybridized carbons (Fsp3) is 0.364. The largest absolute Gasteiger partial charge is 0.489 e. The minimum absolute atomic E-state index is 0. The van der Waals surface area contributed by atoms with E-state index in [2.05, 4.69) is 5.32 Å². The molecule has 4 nitrogen and oxygen atoms in total. The van der Waals surface area contributed by atoms with Gasteiger partial charge < -0.3 is 15.8 Å². The number of carbonyl (C=O) groups is 1. The first-order chi connectivity index (χ1) is 7.52. The Morgan fingerprint density at radius 2 is 2.18 bits per heavy atom. The van der Waals surface area contributed by atoms with E-state index >= 15 is 0 Å². The van der Waals surface area contributed by atoms with Gasteiger partial charge in [-0.25, -0.2) is 0 Å². The molecular formula is C11H16Cl2N2O2. The summed E-state index contributed by atoms with van der Waals surface area (Å²) in [6, 6.07) is 5.07. The number of amides is 1. The molecule has 0 bridgehead atoms. The van der Waals surface area contributed by atoms with Gasteiger partial charge in [0.1, 0.15) is 5.75 Å². The highest BCUT2D eigenvalue weighted by Gasteiger charge is 2.06. The Kier molecular flexibility index (Phi) is 6.95. The van der Waals surface area contributed by atoms with Crippen LogP contribution >= 0.6 is 24.0 Å². The van der Waals surface area contributed by atoms with E-state index in [0.717, 1.165) is 0 Å². The van der Waals surface area contributed by atoms with E-state index in [-0.39, 0.29) is 31.0 Å². The third-order valence-electron chi connectivity index (χ3n) is 1.76. The molecule has 96 valence electrons. The van der Waals surface area contributed by atoms with E-state index in [1.165, 1.54) is 0 Å². The fourth-order valence-electron chi connectivity index (χ4n) is 1.14. The predicted octanol–water partition coefficient (Wildman–Crippen LogP) is 2.45. The highest BCUT2D eigenvalue weighted by molar-refractivity contribution is 6.32. The molecule has 0 heterocycles. The van der Waals surface area contributed by atoms with Crippen molar-refractivity contribution >= 4 is 35.6 Å². The Balaban J connectivity index is 0.00000256. The van der Waals surface area contributed by atoms with Crippen LogP contribution in [0.5, 0.6) is 5.75 Å². The van der Waals surface area contributed by atoms with Crippen LogP contribution in [-0.4, -0.2) is 18.6 Å². The van der Waals surface area contributed by atoms with Gasteiger partial charge in [0.25, 0.3) is 0 Å². The quantitative estimate of drug-likeness (QED) is 0.889. The first-order valence-corrected chi connectivity index (χ1v) is 5.37. The van der Waals surface area contributed by atoms with Crippen LogP contribution < -0.4 is 15.8 Å². The number of halogens is 2. The van der Waals surface area contributed by atoms with E-state index in [1.807, 2.05) is 13.8 Å². The molecular weight excluding hydrogens is 263 g/mol. The van der Waals surface area contributed by atoms with Gasteiger partial charge in [-0.1, -0.05) is 11.6 Å². The average Bonchev–Trinajstić information content (AvgIpc) is 2.21. The molecule has 0 atom stereocenters. The zero-order chi connectivity index (χ0) is 12.1. The highest BCUT2D eigenvalue weighted by Crippen LogP contribution is 2.28. The monoisotopic (exact) mass is 278 g/mol. The highest BCUT2D eigenvalue weighted by atomic mass is 35.5. The van der Waals surface area contributed by atoms with Crippen LogP contribution in [0.15, 0.2) is 18.2 Å². The van der Waals surface area contributed by atoms with Crippen LogP contribution in [-0.2, 0) is 4.79 Å². The summed E-state index contributed by atoms with van der Waals surface area (Å²) in [6.07, 6.45) is 0.0574. The van der Waals surface area contributed by atoms with Gasteiger partial charge in [-0.3, -0.25) is 4.79 Å². The average molecular weight is 279 g/mol. The zero-order valence-corrected chi connectivity index (χ0v) is 11.3. The maximum absolute atomic E-state index is 11.0. The molecule has 1 aromatic carbocycles. The lowest BCUT2D eigenvalue weighted by Gasteiger charge is -2.12. The lowest BCUT2D eigenvalue weighted by molar-refractivity contribution is -0.114. The maximum atomic E-state index is 11.0. The number of rotatable bonds is 4. The molecule has 0 aliphatic heterocycles. The Morgan fingerprint density at radius 3 is 2.65 bits per heavy atom. The van der Waals surface area contributed by atoms with Crippen molar-refractivity contribution in [2.24, 2.45) is 5.73 Å². The number of hydrogen-bond donors (Lipinski definition) is 2. The van der Waals surface area contributed by atoms with Gasteiger partial charge in [-0.05, 0) is 32.0 Å². The first kappa shape index (κ1) is 16.0. The molecule has 0 fully saturated rings. The standard InChI is InChI=1S/C11H15ClN2O2.ClH/c1-7(2)16-10-4-3-8(5-9(10)12)14-11(15)6-13;/h3-5,7H,6,13H2,1-2H3,(H,14,15);1H. The maximum Gasteiger partial charge on any atom is 0.238 e. The van der Waals surface area contributed by atoms with Gasteiger partial charge in [0.15, 0.2) is 0 Å². The normalized spacial score (nSPS) is 9.71. The number of hydrogen-bond acceptors (Lipinski definition) is 3. The minimum Gasteiger partial charge on any atom is -0.489 e. The molecule has 0 aliphatic carbocycles. The molecule has 0 saturated heterocycles. The van der Waals surface area contributed by atoms with Gasteiger partial charge in [0, 0.05) is 5.69 Å². The predicted molar refractivity (Wildman–Crippen MR) is 72.1 cm³/mol. The molecule has 3 N–H and O–H groups in total. The second-order valence-corrected chi connectivity index (χ2v) is 3.97. The van der Waals surface area contributed by atoms with E-state index in [1.54, 1.807) is 18.2 Å². The van der Waals surface area contributed by atoms with Gasteiger partial charge in [0.05, 0.1) is 17.7 Å². The lowest BCUT2D eigenvalue weighted by Crippen LogP contribution is -2.21. The molecule has 0 radical (unpaired) electrons. The van der Waals surface area contributed by atoms with E-state index in [4.69, 9.17) is 22.1 Å². The number of carbonyl (C=O) groups excluding carboxylic acids is 1. The topological polar surface area (TPSA) is 64.3 Å². The molecule has 1 amide bonds. The molecule has 0 spiro atoms. The van der Waals surface area contributed by atoms with Crippen molar-refractivity contribution in [3.8, 4) is 5.75 Å². The smallest absolute Gasteiger partial charge is 0.238 e. The van der Waals surface area contributed by atoms with Crippen LogP contribution in [0.1, 0.15) is 13.8 Å². The molecule has 1 aromatic rings. The van der Waals surface area contributed by atoms with Crippen molar-refractivity contribution in [1.82, 2.24) is 0 Å².